The summed E-state index contributed by atoms with van der Waals surface area (Å²) in [6.07, 6.45) is 2.75. The Labute approximate surface area is 190 Å². The van der Waals surface area contributed by atoms with Crippen molar-refractivity contribution in [3.8, 4) is 0 Å². The van der Waals surface area contributed by atoms with E-state index in [0.717, 1.165) is 95.5 Å². The van der Waals surface area contributed by atoms with E-state index >= 15 is 0 Å². The van der Waals surface area contributed by atoms with Gasteiger partial charge in [0.1, 0.15) is 0 Å². The highest BCUT2D eigenvalue weighted by Gasteiger charge is 2.30. The van der Waals surface area contributed by atoms with Gasteiger partial charge in [0, 0.05) is 13.2 Å². The number of rotatable bonds is 13. The largest absolute Gasteiger partial charge is 0.416 e. The third kappa shape index (κ3) is 9.00. The van der Waals surface area contributed by atoms with E-state index in [0.29, 0.717) is 12.0 Å². The second kappa shape index (κ2) is 12.9. The topological polar surface area (TPSA) is 58.6 Å². The van der Waals surface area contributed by atoms with Crippen LogP contribution in [0.1, 0.15) is 64.4 Å². The Hall–Kier alpha value is -1.16. The second-order valence-electron chi connectivity index (χ2n) is 8.46. The van der Waals surface area contributed by atoms with Gasteiger partial charge in [0.25, 0.3) is 0 Å². The first-order valence-corrected chi connectivity index (χ1v) is 13.1. The summed E-state index contributed by atoms with van der Waals surface area (Å²) in [7, 11) is -3.81. The van der Waals surface area contributed by atoms with Crippen molar-refractivity contribution in [1.82, 2.24) is 9.62 Å². The van der Waals surface area contributed by atoms with Gasteiger partial charge in [-0.25, -0.2) is 13.1 Å². The predicted molar refractivity (Wildman–Crippen MR) is 120 cm³/mol. The zero-order valence-corrected chi connectivity index (χ0v) is 20.0. The monoisotopic (exact) mass is 478 g/mol. The molecular formula is C23H37F3N2O3S. The molecule has 184 valence electrons. The summed E-state index contributed by atoms with van der Waals surface area (Å²) < 4.78 is 71.1. The van der Waals surface area contributed by atoms with Crippen LogP contribution in [0.4, 0.5) is 13.2 Å². The SMILES string of the molecule is CCN(CC)CCCCOC1CCC(CCNS(=O)(=O)c2ccc(C(F)(F)F)cc2)CC1. The van der Waals surface area contributed by atoms with Gasteiger partial charge in [-0.1, -0.05) is 13.8 Å². The zero-order valence-electron chi connectivity index (χ0n) is 19.2. The van der Waals surface area contributed by atoms with Crippen molar-refractivity contribution in [3.05, 3.63) is 29.8 Å². The lowest BCUT2D eigenvalue weighted by Gasteiger charge is -2.28. The summed E-state index contributed by atoms with van der Waals surface area (Å²) in [6, 6.07) is 3.57. The molecule has 0 bridgehead atoms. The van der Waals surface area contributed by atoms with Gasteiger partial charge in [-0.2, -0.15) is 13.2 Å². The fourth-order valence-electron chi connectivity index (χ4n) is 4.12. The van der Waals surface area contributed by atoms with Crippen molar-refractivity contribution < 1.29 is 26.3 Å². The number of nitrogens with one attached hydrogen (secondary N) is 1. The molecule has 1 fully saturated rings. The maximum atomic E-state index is 12.6. The van der Waals surface area contributed by atoms with Crippen LogP contribution in [0.5, 0.6) is 0 Å². The van der Waals surface area contributed by atoms with Gasteiger partial charge in [-0.05, 0) is 94.8 Å². The quantitative estimate of drug-likeness (QED) is 0.402. The van der Waals surface area contributed by atoms with E-state index in [1.54, 1.807) is 0 Å². The van der Waals surface area contributed by atoms with E-state index in [1.807, 2.05) is 0 Å². The highest BCUT2D eigenvalue weighted by molar-refractivity contribution is 7.89. The fraction of sp³-hybridized carbons (Fsp3) is 0.739. The zero-order chi connectivity index (χ0) is 23.6. The van der Waals surface area contributed by atoms with Gasteiger partial charge < -0.3 is 9.64 Å². The van der Waals surface area contributed by atoms with Gasteiger partial charge in [0.05, 0.1) is 16.6 Å². The molecule has 32 heavy (non-hydrogen) atoms. The Balaban J connectivity index is 1.63. The third-order valence-electron chi connectivity index (χ3n) is 6.25. The van der Waals surface area contributed by atoms with Crippen molar-refractivity contribution in [3.63, 3.8) is 0 Å². The molecule has 0 amide bonds. The van der Waals surface area contributed by atoms with E-state index in [2.05, 4.69) is 23.5 Å². The van der Waals surface area contributed by atoms with Crippen LogP contribution in [-0.2, 0) is 20.9 Å². The van der Waals surface area contributed by atoms with Crippen LogP contribution in [0.15, 0.2) is 29.2 Å². The van der Waals surface area contributed by atoms with Crippen molar-refractivity contribution in [2.75, 3.05) is 32.8 Å². The molecule has 9 heteroatoms. The molecule has 1 aromatic rings. The first-order chi connectivity index (χ1) is 15.2. The predicted octanol–water partition coefficient (Wildman–Crippen LogP) is 5.07. The van der Waals surface area contributed by atoms with Crippen LogP contribution in [0.25, 0.3) is 0 Å². The lowest BCUT2D eigenvalue weighted by molar-refractivity contribution is -0.137. The van der Waals surface area contributed by atoms with E-state index in [4.69, 9.17) is 4.74 Å². The van der Waals surface area contributed by atoms with Crippen LogP contribution < -0.4 is 4.72 Å². The smallest absolute Gasteiger partial charge is 0.378 e. The van der Waals surface area contributed by atoms with Crippen molar-refractivity contribution >= 4 is 10.0 Å². The number of ether oxygens (including phenoxy) is 1. The number of hydrogen-bond donors (Lipinski definition) is 1. The lowest BCUT2D eigenvalue weighted by atomic mass is 9.85. The van der Waals surface area contributed by atoms with Gasteiger partial charge in [0.2, 0.25) is 10.0 Å². The number of alkyl halides is 3. The number of sulfonamides is 1. The molecule has 2 rings (SSSR count). The summed E-state index contributed by atoms with van der Waals surface area (Å²) in [5.41, 5.74) is -0.862. The van der Waals surface area contributed by atoms with E-state index in [1.165, 1.54) is 0 Å². The van der Waals surface area contributed by atoms with Crippen LogP contribution in [-0.4, -0.2) is 52.2 Å². The van der Waals surface area contributed by atoms with Crippen LogP contribution in [0.3, 0.4) is 0 Å². The summed E-state index contributed by atoms with van der Waals surface area (Å²) in [4.78, 5) is 2.26. The Morgan fingerprint density at radius 1 is 1.03 bits per heavy atom. The summed E-state index contributed by atoms with van der Waals surface area (Å²) >= 11 is 0. The number of unbranched alkanes of at least 4 members (excludes halogenated alkanes) is 1. The second-order valence-corrected chi connectivity index (χ2v) is 10.2. The molecule has 1 saturated carbocycles. The number of halogens is 3. The van der Waals surface area contributed by atoms with E-state index in [9.17, 15) is 21.6 Å². The normalized spacial score (nSPS) is 20.1. The average Bonchev–Trinajstić information content (AvgIpc) is 2.77. The Bertz CT molecular complexity index is 758. The molecule has 1 aliphatic rings. The average molecular weight is 479 g/mol. The number of benzene rings is 1. The number of nitrogens with zero attached hydrogens (tertiary/aromatic N) is 1. The maximum Gasteiger partial charge on any atom is 0.416 e. The highest BCUT2D eigenvalue weighted by Crippen LogP contribution is 2.30. The molecule has 1 aromatic carbocycles. The molecule has 0 aromatic heterocycles. The first-order valence-electron chi connectivity index (χ1n) is 11.7. The van der Waals surface area contributed by atoms with Gasteiger partial charge in [-0.3, -0.25) is 0 Å². The highest BCUT2D eigenvalue weighted by atomic mass is 32.2. The summed E-state index contributed by atoms with van der Waals surface area (Å²) in [5, 5.41) is 0. The molecule has 0 unspecified atom stereocenters. The minimum atomic E-state index is -4.48. The maximum absolute atomic E-state index is 12.6. The molecule has 0 aliphatic heterocycles. The molecular weight excluding hydrogens is 441 g/mol. The van der Waals surface area contributed by atoms with Crippen molar-refractivity contribution in [2.24, 2.45) is 5.92 Å². The standard InChI is InChI=1S/C23H37F3N2O3S/c1-3-28(4-2)17-5-6-18-31-21-11-7-19(8-12-21)15-16-27-32(29,30)22-13-9-20(10-14-22)23(24,25)26/h9-10,13-14,19,21,27H,3-8,11-12,15-18H2,1-2H3. The molecule has 0 heterocycles. The van der Waals surface area contributed by atoms with Crippen molar-refractivity contribution in [1.29, 1.82) is 0 Å². The van der Waals surface area contributed by atoms with Crippen molar-refractivity contribution in [2.45, 2.75) is 76.0 Å². The van der Waals surface area contributed by atoms with Crippen LogP contribution in [0.2, 0.25) is 0 Å². The molecule has 5 nitrogen and oxygen atoms in total. The summed E-state index contributed by atoms with van der Waals surface area (Å²) in [5.74, 6) is 0.438. The molecule has 0 radical (unpaired) electrons. The minimum Gasteiger partial charge on any atom is -0.378 e. The molecule has 1 aliphatic carbocycles. The Kier molecular flexibility index (Phi) is 10.9. The van der Waals surface area contributed by atoms with E-state index < -0.39 is 21.8 Å². The Morgan fingerprint density at radius 2 is 1.66 bits per heavy atom. The van der Waals surface area contributed by atoms with Gasteiger partial charge in [0.15, 0.2) is 0 Å². The molecule has 0 atom stereocenters. The molecule has 0 saturated heterocycles. The fourth-order valence-corrected chi connectivity index (χ4v) is 5.17. The Morgan fingerprint density at radius 3 is 2.22 bits per heavy atom. The van der Waals surface area contributed by atoms with Gasteiger partial charge in [-0.15, -0.1) is 0 Å². The first kappa shape index (κ1) is 27.1. The van der Waals surface area contributed by atoms with Gasteiger partial charge >= 0.3 is 6.18 Å². The van der Waals surface area contributed by atoms with Crippen LogP contribution >= 0.6 is 0 Å². The minimum absolute atomic E-state index is 0.149. The van der Waals surface area contributed by atoms with Crippen LogP contribution in [0, 0.1) is 5.92 Å². The number of hydrogen-bond acceptors (Lipinski definition) is 4. The summed E-state index contributed by atoms with van der Waals surface area (Å²) in [6.45, 7) is 8.72. The lowest BCUT2D eigenvalue weighted by Crippen LogP contribution is -2.28. The molecule has 1 N–H and O–H groups in total. The van der Waals surface area contributed by atoms with E-state index in [-0.39, 0.29) is 11.4 Å². The third-order valence-corrected chi connectivity index (χ3v) is 7.72. The molecule has 0 spiro atoms.